The van der Waals surface area contributed by atoms with E-state index < -0.39 is 11.9 Å². The second-order valence-corrected chi connectivity index (χ2v) is 9.47. The summed E-state index contributed by atoms with van der Waals surface area (Å²) in [5, 5.41) is 0. The number of rotatable bonds is 7. The van der Waals surface area contributed by atoms with Crippen LogP contribution >= 0.6 is 0 Å². The molecule has 6 nitrogen and oxygen atoms in total. The zero-order valence-corrected chi connectivity index (χ0v) is 21.1. The molecule has 2 saturated heterocycles. The van der Waals surface area contributed by atoms with Gasteiger partial charge in [-0.15, -0.1) is 0 Å². The van der Waals surface area contributed by atoms with Gasteiger partial charge in [-0.25, -0.2) is 0 Å². The summed E-state index contributed by atoms with van der Waals surface area (Å²) in [6.45, 7) is 9.75. The van der Waals surface area contributed by atoms with E-state index in [1.54, 1.807) is 4.90 Å². The number of hydrogen-bond donors (Lipinski definition) is 0. The van der Waals surface area contributed by atoms with E-state index in [1.807, 2.05) is 13.0 Å². The SMILES string of the molecule is CCOCCOc1ccc([C@H]2CCC[C@H]3CN(C(=O)c4ccc(C(F)(F)F)nc4)CCN32)c(C)c1C. The van der Waals surface area contributed by atoms with Crippen molar-refractivity contribution in [1.82, 2.24) is 14.8 Å². The van der Waals surface area contributed by atoms with Gasteiger partial charge < -0.3 is 14.4 Å². The van der Waals surface area contributed by atoms with Crippen molar-refractivity contribution in [2.45, 2.75) is 58.3 Å². The van der Waals surface area contributed by atoms with Gasteiger partial charge in [-0.1, -0.05) is 6.07 Å². The van der Waals surface area contributed by atoms with Crippen molar-refractivity contribution >= 4 is 5.91 Å². The van der Waals surface area contributed by atoms with E-state index in [0.29, 0.717) is 32.9 Å². The van der Waals surface area contributed by atoms with Crippen LogP contribution in [-0.2, 0) is 10.9 Å². The maximum Gasteiger partial charge on any atom is 0.433 e. The first-order chi connectivity index (χ1) is 17.2. The van der Waals surface area contributed by atoms with Crippen LogP contribution in [-0.4, -0.2) is 66.2 Å². The third-order valence-corrected chi connectivity index (χ3v) is 7.36. The number of amides is 1. The second kappa shape index (κ2) is 11.2. The Morgan fingerprint density at radius 3 is 2.58 bits per heavy atom. The lowest BCUT2D eigenvalue weighted by Gasteiger charge is -2.48. The number of aromatic nitrogens is 1. The number of fused-ring (bicyclic) bond motifs is 1. The van der Waals surface area contributed by atoms with Crippen LogP contribution in [0.1, 0.15) is 65.0 Å². The van der Waals surface area contributed by atoms with Gasteiger partial charge in [-0.2, -0.15) is 13.2 Å². The quantitative estimate of drug-likeness (QED) is 0.485. The number of halogens is 3. The maximum absolute atomic E-state index is 13.0. The Kier molecular flexibility index (Phi) is 8.20. The van der Waals surface area contributed by atoms with Gasteiger partial charge in [0.1, 0.15) is 18.1 Å². The smallest absolute Gasteiger partial charge is 0.433 e. The van der Waals surface area contributed by atoms with Crippen LogP contribution in [0, 0.1) is 13.8 Å². The van der Waals surface area contributed by atoms with E-state index in [0.717, 1.165) is 49.4 Å². The predicted octanol–water partition coefficient (Wildman–Crippen LogP) is 5.18. The molecule has 0 radical (unpaired) electrons. The minimum Gasteiger partial charge on any atom is -0.491 e. The number of piperazine rings is 1. The minimum atomic E-state index is -4.52. The summed E-state index contributed by atoms with van der Waals surface area (Å²) < 4.78 is 49.8. The lowest BCUT2D eigenvalue weighted by Crippen LogP contribution is -2.57. The number of nitrogens with zero attached hydrogens (tertiary/aromatic N) is 3. The highest BCUT2D eigenvalue weighted by atomic mass is 19.4. The van der Waals surface area contributed by atoms with Crippen molar-refractivity contribution in [2.24, 2.45) is 0 Å². The highest BCUT2D eigenvalue weighted by molar-refractivity contribution is 5.94. The Bertz CT molecular complexity index is 1060. The fourth-order valence-electron chi connectivity index (χ4n) is 5.33. The highest BCUT2D eigenvalue weighted by Crippen LogP contribution is 2.39. The van der Waals surface area contributed by atoms with Gasteiger partial charge in [0.25, 0.3) is 5.91 Å². The summed E-state index contributed by atoms with van der Waals surface area (Å²) in [6, 6.07) is 6.78. The van der Waals surface area contributed by atoms with E-state index in [2.05, 4.69) is 29.8 Å². The van der Waals surface area contributed by atoms with E-state index in [9.17, 15) is 18.0 Å². The molecule has 0 bridgehead atoms. The standard InChI is InChI=1S/C27H34F3N3O3/c1-4-35-14-15-36-24-10-9-22(18(2)19(24)3)23-7-5-6-21-17-32(12-13-33(21)23)26(34)20-8-11-25(31-16-20)27(28,29)30/h8-11,16,21,23H,4-7,12-15,17H2,1-3H3/t21-,23+/m0/s1. The van der Waals surface area contributed by atoms with Gasteiger partial charge in [-0.05, 0) is 74.9 Å². The first-order valence-electron chi connectivity index (χ1n) is 12.6. The van der Waals surface area contributed by atoms with Crippen LogP contribution in [0.25, 0.3) is 0 Å². The molecule has 196 valence electrons. The molecule has 0 aliphatic carbocycles. The molecule has 1 amide bonds. The molecule has 2 aliphatic rings. The molecule has 0 saturated carbocycles. The Morgan fingerprint density at radius 1 is 1.08 bits per heavy atom. The topological polar surface area (TPSA) is 54.9 Å². The normalized spacial score (nSPS) is 20.8. The van der Waals surface area contributed by atoms with E-state index in [1.165, 1.54) is 17.2 Å². The van der Waals surface area contributed by atoms with Crippen LogP contribution in [0.15, 0.2) is 30.5 Å². The van der Waals surface area contributed by atoms with Crippen LogP contribution in [0.4, 0.5) is 13.2 Å². The summed E-state index contributed by atoms with van der Waals surface area (Å²) in [6.07, 6.45) is -0.388. The van der Waals surface area contributed by atoms with Crippen LogP contribution in [0.5, 0.6) is 5.75 Å². The number of carbonyl (C=O) groups excluding carboxylic acids is 1. The predicted molar refractivity (Wildman–Crippen MR) is 130 cm³/mol. The van der Waals surface area contributed by atoms with Crippen molar-refractivity contribution in [2.75, 3.05) is 39.5 Å². The van der Waals surface area contributed by atoms with Gasteiger partial charge >= 0.3 is 6.18 Å². The number of benzene rings is 1. The highest BCUT2D eigenvalue weighted by Gasteiger charge is 2.38. The average Bonchev–Trinajstić information content (AvgIpc) is 2.87. The monoisotopic (exact) mass is 505 g/mol. The Hall–Kier alpha value is -2.65. The molecule has 0 N–H and O–H groups in total. The first-order valence-corrected chi connectivity index (χ1v) is 12.6. The Labute approximate surface area is 210 Å². The molecule has 4 rings (SSSR count). The van der Waals surface area contributed by atoms with E-state index in [4.69, 9.17) is 9.47 Å². The summed E-state index contributed by atoms with van der Waals surface area (Å²) in [4.78, 5) is 20.7. The molecule has 0 unspecified atom stereocenters. The van der Waals surface area contributed by atoms with E-state index in [-0.39, 0.29) is 23.6 Å². The molecular formula is C27H34F3N3O3. The largest absolute Gasteiger partial charge is 0.491 e. The lowest BCUT2D eigenvalue weighted by molar-refractivity contribution is -0.141. The average molecular weight is 506 g/mol. The molecular weight excluding hydrogens is 471 g/mol. The van der Waals surface area contributed by atoms with Gasteiger partial charge in [0, 0.05) is 44.5 Å². The number of alkyl halides is 3. The number of piperidine rings is 1. The van der Waals surface area contributed by atoms with Crippen LogP contribution in [0.3, 0.4) is 0 Å². The molecule has 1 aromatic carbocycles. The number of carbonyl (C=O) groups is 1. The number of pyridine rings is 1. The summed E-state index contributed by atoms with van der Waals surface area (Å²) >= 11 is 0. The molecule has 2 atom stereocenters. The third-order valence-electron chi connectivity index (χ3n) is 7.36. The van der Waals surface area contributed by atoms with Crippen molar-refractivity contribution in [3.8, 4) is 5.75 Å². The molecule has 3 heterocycles. The van der Waals surface area contributed by atoms with Gasteiger partial charge in [0.2, 0.25) is 0 Å². The fraction of sp³-hybridized carbons (Fsp3) is 0.556. The minimum absolute atomic E-state index is 0.190. The molecule has 2 fully saturated rings. The molecule has 2 aliphatic heterocycles. The van der Waals surface area contributed by atoms with Crippen LogP contribution in [0.2, 0.25) is 0 Å². The van der Waals surface area contributed by atoms with Crippen molar-refractivity contribution in [1.29, 1.82) is 0 Å². The fourth-order valence-corrected chi connectivity index (χ4v) is 5.33. The zero-order chi connectivity index (χ0) is 25.9. The lowest BCUT2D eigenvalue weighted by atomic mass is 9.86. The van der Waals surface area contributed by atoms with Gasteiger partial charge in [0.15, 0.2) is 0 Å². The van der Waals surface area contributed by atoms with Crippen molar-refractivity contribution in [3.05, 3.63) is 58.4 Å². The molecule has 9 heteroatoms. The third kappa shape index (κ3) is 5.67. The van der Waals surface area contributed by atoms with Crippen molar-refractivity contribution in [3.63, 3.8) is 0 Å². The molecule has 2 aromatic rings. The Balaban J connectivity index is 1.44. The number of ether oxygens (including phenoxy) is 2. The molecule has 1 aromatic heterocycles. The first kappa shape index (κ1) is 26.4. The van der Waals surface area contributed by atoms with Crippen LogP contribution < -0.4 is 4.74 Å². The molecule has 0 spiro atoms. The molecule has 36 heavy (non-hydrogen) atoms. The summed E-state index contributed by atoms with van der Waals surface area (Å²) in [5.74, 6) is 0.613. The zero-order valence-electron chi connectivity index (χ0n) is 21.1. The Morgan fingerprint density at radius 2 is 1.89 bits per heavy atom. The summed E-state index contributed by atoms with van der Waals surface area (Å²) in [7, 11) is 0. The van der Waals surface area contributed by atoms with E-state index >= 15 is 0 Å². The van der Waals surface area contributed by atoms with Gasteiger partial charge in [0.05, 0.1) is 12.2 Å². The van der Waals surface area contributed by atoms with Crippen molar-refractivity contribution < 1.29 is 27.4 Å². The maximum atomic E-state index is 13.0. The summed E-state index contributed by atoms with van der Waals surface area (Å²) in [5.41, 5.74) is 2.85. The van der Waals surface area contributed by atoms with Gasteiger partial charge in [-0.3, -0.25) is 14.7 Å². The number of hydrogen-bond acceptors (Lipinski definition) is 5. The second-order valence-electron chi connectivity index (χ2n) is 9.47.